The largest absolute Gasteiger partial charge is 0.296 e. The Hall–Kier alpha value is -1.84. The molecule has 0 spiro atoms. The molecule has 5 fully saturated rings. The highest BCUT2D eigenvalue weighted by atomic mass is 32.2. The molecule has 0 atom stereocenters. The number of nitrogens with one attached hydrogen (secondary N) is 1. The van der Waals surface area contributed by atoms with E-state index in [0.29, 0.717) is 23.8 Å². The van der Waals surface area contributed by atoms with E-state index in [1.165, 1.54) is 60.2 Å². The quantitative estimate of drug-likeness (QED) is 0.709. The van der Waals surface area contributed by atoms with E-state index in [4.69, 9.17) is 0 Å². The zero-order valence-corrected chi connectivity index (χ0v) is 19.6. The SMILES string of the molecule is O=C(Nc1nnc(C23CC4CC(CC(C4)C2)C3)s1)c1cccc(S(=O)(=O)N2CCCC2)c1. The fourth-order valence-electron chi connectivity index (χ4n) is 6.91. The highest BCUT2D eigenvalue weighted by Gasteiger charge is 2.53. The van der Waals surface area contributed by atoms with E-state index < -0.39 is 10.0 Å². The van der Waals surface area contributed by atoms with Crippen LogP contribution in [-0.4, -0.2) is 41.9 Å². The van der Waals surface area contributed by atoms with Crippen LogP contribution in [0.2, 0.25) is 0 Å². The topological polar surface area (TPSA) is 92.3 Å². The lowest BCUT2D eigenvalue weighted by Gasteiger charge is -2.55. The predicted molar refractivity (Wildman–Crippen MR) is 122 cm³/mol. The van der Waals surface area contributed by atoms with Crippen molar-refractivity contribution in [2.75, 3.05) is 18.4 Å². The minimum atomic E-state index is -3.56. The lowest BCUT2D eigenvalue weighted by molar-refractivity contribution is -0.00555. The fourth-order valence-corrected chi connectivity index (χ4v) is 9.43. The van der Waals surface area contributed by atoms with Crippen LogP contribution >= 0.6 is 11.3 Å². The molecule has 1 N–H and O–H groups in total. The van der Waals surface area contributed by atoms with Crippen LogP contribution in [0.5, 0.6) is 0 Å². The van der Waals surface area contributed by atoms with Gasteiger partial charge in [0.05, 0.1) is 4.90 Å². The molecule has 4 aliphatic carbocycles. The number of sulfonamides is 1. The molecule has 7 nitrogen and oxygen atoms in total. The summed E-state index contributed by atoms with van der Waals surface area (Å²) in [5.41, 5.74) is 0.468. The van der Waals surface area contributed by atoms with Crippen molar-refractivity contribution in [1.82, 2.24) is 14.5 Å². The first-order valence-electron chi connectivity index (χ1n) is 11.7. The minimum absolute atomic E-state index is 0.152. The van der Waals surface area contributed by atoms with Gasteiger partial charge in [-0.15, -0.1) is 10.2 Å². The monoisotopic (exact) mass is 472 g/mol. The van der Waals surface area contributed by atoms with Gasteiger partial charge in [-0.05, 0) is 87.3 Å². The van der Waals surface area contributed by atoms with Gasteiger partial charge in [0.25, 0.3) is 5.91 Å². The second kappa shape index (κ2) is 7.60. The van der Waals surface area contributed by atoms with E-state index >= 15 is 0 Å². The number of carbonyl (C=O) groups is 1. The van der Waals surface area contributed by atoms with E-state index in [2.05, 4.69) is 15.5 Å². The third-order valence-electron chi connectivity index (χ3n) is 7.94. The number of rotatable bonds is 5. The van der Waals surface area contributed by atoms with Crippen LogP contribution in [0.15, 0.2) is 29.2 Å². The van der Waals surface area contributed by atoms with Crippen molar-refractivity contribution < 1.29 is 13.2 Å². The molecule has 4 bridgehead atoms. The normalized spacial score (nSPS) is 31.8. The van der Waals surface area contributed by atoms with Crippen molar-refractivity contribution in [3.63, 3.8) is 0 Å². The lowest BCUT2D eigenvalue weighted by atomic mass is 9.50. The van der Waals surface area contributed by atoms with Gasteiger partial charge in [-0.1, -0.05) is 17.4 Å². The standard InChI is InChI=1S/C23H28N4O3S2/c28-20(18-4-3-5-19(11-18)32(29,30)27-6-1-2-7-27)24-22-26-25-21(31-22)23-12-15-8-16(13-23)10-17(9-15)14-23/h3-5,11,15-17H,1-2,6-10,12-14H2,(H,24,26,28). The number of anilines is 1. The van der Waals surface area contributed by atoms with Crippen molar-refractivity contribution in [3.05, 3.63) is 34.8 Å². The van der Waals surface area contributed by atoms with E-state index in [1.54, 1.807) is 18.2 Å². The van der Waals surface area contributed by atoms with Gasteiger partial charge in [0, 0.05) is 24.1 Å². The molecule has 5 aliphatic rings. The summed E-state index contributed by atoms with van der Waals surface area (Å²) in [6.07, 6.45) is 9.49. The highest BCUT2D eigenvalue weighted by Crippen LogP contribution is 2.61. The van der Waals surface area contributed by atoms with Gasteiger partial charge in [0.2, 0.25) is 15.2 Å². The van der Waals surface area contributed by atoms with Crippen molar-refractivity contribution >= 4 is 32.4 Å². The van der Waals surface area contributed by atoms with E-state index in [-0.39, 0.29) is 16.2 Å². The van der Waals surface area contributed by atoms with Crippen molar-refractivity contribution in [1.29, 1.82) is 0 Å². The maximum atomic E-state index is 12.9. The zero-order valence-electron chi connectivity index (χ0n) is 18.0. The highest BCUT2D eigenvalue weighted by molar-refractivity contribution is 7.89. The predicted octanol–water partition coefficient (Wildman–Crippen LogP) is 4.04. The van der Waals surface area contributed by atoms with Gasteiger partial charge in [-0.3, -0.25) is 10.1 Å². The zero-order chi connectivity index (χ0) is 21.9. The third kappa shape index (κ3) is 3.49. The molecule has 170 valence electrons. The second-order valence-electron chi connectivity index (χ2n) is 10.2. The number of carbonyl (C=O) groups excluding carboxylic acids is 1. The summed E-state index contributed by atoms with van der Waals surface area (Å²) in [6.45, 7) is 1.08. The van der Waals surface area contributed by atoms with Crippen molar-refractivity contribution in [3.8, 4) is 0 Å². The number of nitrogens with zero attached hydrogens (tertiary/aromatic N) is 3. The molecule has 2 aromatic rings. The number of hydrogen-bond acceptors (Lipinski definition) is 6. The maximum absolute atomic E-state index is 12.9. The average molecular weight is 473 g/mol. The number of aromatic nitrogens is 2. The molecule has 1 saturated heterocycles. The summed E-state index contributed by atoms with van der Waals surface area (Å²) in [4.78, 5) is 13.1. The fraction of sp³-hybridized carbons (Fsp3) is 0.609. The van der Waals surface area contributed by atoms with Crippen LogP contribution in [0.4, 0.5) is 5.13 Å². The number of benzene rings is 1. The van der Waals surface area contributed by atoms with Gasteiger partial charge in [0.1, 0.15) is 5.01 Å². The molecule has 1 aromatic heterocycles. The summed E-state index contributed by atoms with van der Waals surface area (Å²) in [5, 5.41) is 13.2. The van der Waals surface area contributed by atoms with Crippen LogP contribution in [0.3, 0.4) is 0 Å². The number of hydrogen-bond donors (Lipinski definition) is 1. The minimum Gasteiger partial charge on any atom is -0.296 e. The first-order valence-corrected chi connectivity index (χ1v) is 13.9. The maximum Gasteiger partial charge on any atom is 0.257 e. The summed E-state index contributed by atoms with van der Waals surface area (Å²) in [6, 6.07) is 6.28. The van der Waals surface area contributed by atoms with Gasteiger partial charge < -0.3 is 0 Å². The molecule has 9 heteroatoms. The Morgan fingerprint density at radius 3 is 2.34 bits per heavy atom. The Kier molecular flexibility index (Phi) is 4.93. The Labute approximate surface area is 192 Å². The van der Waals surface area contributed by atoms with Gasteiger partial charge in [-0.2, -0.15) is 4.31 Å². The average Bonchev–Trinajstić information content (AvgIpc) is 3.46. The Morgan fingerprint density at radius 2 is 1.69 bits per heavy atom. The third-order valence-corrected chi connectivity index (χ3v) is 10.9. The first kappa shape index (κ1) is 20.7. The Bertz CT molecular complexity index is 1120. The van der Waals surface area contributed by atoms with Crippen LogP contribution in [-0.2, 0) is 15.4 Å². The second-order valence-corrected chi connectivity index (χ2v) is 13.1. The van der Waals surface area contributed by atoms with Gasteiger partial charge >= 0.3 is 0 Å². The van der Waals surface area contributed by atoms with E-state index in [9.17, 15) is 13.2 Å². The van der Waals surface area contributed by atoms with Crippen molar-refractivity contribution in [2.45, 2.75) is 61.7 Å². The first-order chi connectivity index (χ1) is 15.4. The smallest absolute Gasteiger partial charge is 0.257 e. The molecule has 32 heavy (non-hydrogen) atoms. The van der Waals surface area contributed by atoms with Crippen LogP contribution < -0.4 is 5.32 Å². The molecule has 0 radical (unpaired) electrons. The van der Waals surface area contributed by atoms with Crippen molar-refractivity contribution in [2.24, 2.45) is 17.8 Å². The molecule has 1 aromatic carbocycles. The summed E-state index contributed by atoms with van der Waals surface area (Å²) >= 11 is 1.49. The molecular formula is C23H28N4O3S2. The Balaban J connectivity index is 1.20. The Morgan fingerprint density at radius 1 is 1.03 bits per heavy atom. The molecule has 4 saturated carbocycles. The van der Waals surface area contributed by atoms with E-state index in [1.807, 2.05) is 0 Å². The van der Waals surface area contributed by atoms with Gasteiger partial charge in [0.15, 0.2) is 0 Å². The summed E-state index contributed by atoms with van der Waals surface area (Å²) in [5.74, 6) is 2.12. The number of amides is 1. The summed E-state index contributed by atoms with van der Waals surface area (Å²) < 4.78 is 27.2. The molecule has 1 amide bonds. The van der Waals surface area contributed by atoms with Crippen LogP contribution in [0.25, 0.3) is 0 Å². The molecular weight excluding hydrogens is 444 g/mol. The molecule has 1 aliphatic heterocycles. The molecule has 7 rings (SSSR count). The van der Waals surface area contributed by atoms with Gasteiger partial charge in [-0.25, -0.2) is 8.42 Å². The summed E-state index contributed by atoms with van der Waals surface area (Å²) in [7, 11) is -3.56. The molecule has 0 unspecified atom stereocenters. The van der Waals surface area contributed by atoms with E-state index in [0.717, 1.165) is 35.6 Å². The lowest BCUT2D eigenvalue weighted by Crippen LogP contribution is -2.48. The van der Waals surface area contributed by atoms with Crippen LogP contribution in [0, 0.1) is 17.8 Å². The van der Waals surface area contributed by atoms with Crippen LogP contribution in [0.1, 0.15) is 66.7 Å². The molecule has 2 heterocycles.